The van der Waals surface area contributed by atoms with Crippen molar-refractivity contribution >= 4 is 31.6 Å². The number of pyridine rings is 1. The molecule has 2 saturated heterocycles. The maximum absolute atomic E-state index is 12.9. The smallest absolute Gasteiger partial charge is 0.270 e. The van der Waals surface area contributed by atoms with Crippen molar-refractivity contribution in [1.29, 1.82) is 0 Å². The summed E-state index contributed by atoms with van der Waals surface area (Å²) in [5.74, 6) is 0.567. The molecular weight excluding hydrogens is 458 g/mol. The highest BCUT2D eigenvalue weighted by molar-refractivity contribution is 7.89. The van der Waals surface area contributed by atoms with Crippen LogP contribution in [0.15, 0.2) is 52.4 Å². The number of piperazine rings is 1. The second kappa shape index (κ2) is 8.73. The van der Waals surface area contributed by atoms with Crippen LogP contribution < -0.4 is 4.90 Å². The summed E-state index contributed by atoms with van der Waals surface area (Å²) in [6.07, 6.45) is 3.05. The van der Waals surface area contributed by atoms with Gasteiger partial charge in [0, 0.05) is 57.6 Å². The van der Waals surface area contributed by atoms with Gasteiger partial charge in [-0.15, -0.1) is 0 Å². The summed E-state index contributed by atoms with van der Waals surface area (Å²) in [7, 11) is -7.40. The number of anilines is 1. The first-order chi connectivity index (χ1) is 15.2. The number of nitro groups is 1. The Morgan fingerprint density at radius 2 is 1.44 bits per heavy atom. The van der Waals surface area contributed by atoms with E-state index < -0.39 is 25.0 Å². The summed E-state index contributed by atoms with van der Waals surface area (Å²) < 4.78 is 53.8. The molecule has 1 aromatic carbocycles. The summed E-state index contributed by atoms with van der Waals surface area (Å²) in [6, 6.07) is 8.16. The summed E-state index contributed by atoms with van der Waals surface area (Å²) in [5, 5.41) is 11.0. The topological polar surface area (TPSA) is 134 Å². The van der Waals surface area contributed by atoms with Gasteiger partial charge in [0.05, 0.1) is 9.82 Å². The molecule has 0 radical (unpaired) electrons. The molecule has 2 aliphatic heterocycles. The van der Waals surface area contributed by atoms with Crippen LogP contribution >= 0.6 is 0 Å². The standard InChI is InChI=1S/C19H23N5O6S2/c25-24(26)16-4-3-5-17(14-16)31(27,28)23-12-10-21(11-13-23)19-7-6-18(15-20-19)32(29,30)22-8-1-2-9-22/h3-7,14-15H,1-2,8-13H2. The molecule has 2 aliphatic rings. The third kappa shape index (κ3) is 4.33. The van der Waals surface area contributed by atoms with E-state index in [1.165, 1.54) is 39.1 Å². The minimum absolute atomic E-state index is 0.116. The molecule has 2 aromatic rings. The quantitative estimate of drug-likeness (QED) is 0.445. The molecule has 32 heavy (non-hydrogen) atoms. The molecule has 0 amide bonds. The predicted molar refractivity (Wildman–Crippen MR) is 116 cm³/mol. The predicted octanol–water partition coefficient (Wildman–Crippen LogP) is 1.29. The summed E-state index contributed by atoms with van der Waals surface area (Å²) in [4.78, 5) is 16.5. The van der Waals surface area contributed by atoms with Crippen LogP contribution in [0.2, 0.25) is 0 Å². The second-order valence-electron chi connectivity index (χ2n) is 7.61. The van der Waals surface area contributed by atoms with E-state index in [4.69, 9.17) is 0 Å². The fourth-order valence-electron chi connectivity index (χ4n) is 3.85. The molecule has 13 heteroatoms. The van der Waals surface area contributed by atoms with Crippen LogP contribution in [0.25, 0.3) is 0 Å². The van der Waals surface area contributed by atoms with E-state index in [0.717, 1.165) is 18.9 Å². The molecule has 0 bridgehead atoms. The number of non-ortho nitro benzene ring substituents is 1. The first kappa shape index (κ1) is 22.6. The van der Waals surface area contributed by atoms with E-state index in [1.807, 2.05) is 4.90 Å². The number of hydrogen-bond acceptors (Lipinski definition) is 8. The number of aromatic nitrogens is 1. The zero-order valence-corrected chi connectivity index (χ0v) is 18.8. The maximum atomic E-state index is 12.9. The zero-order chi connectivity index (χ0) is 22.9. The van der Waals surface area contributed by atoms with Crippen molar-refractivity contribution in [3.8, 4) is 0 Å². The lowest BCUT2D eigenvalue weighted by molar-refractivity contribution is -0.385. The average molecular weight is 482 g/mol. The first-order valence-corrected chi connectivity index (χ1v) is 13.0. The second-order valence-corrected chi connectivity index (χ2v) is 11.5. The first-order valence-electron chi connectivity index (χ1n) is 10.2. The molecule has 172 valence electrons. The van der Waals surface area contributed by atoms with Crippen LogP contribution in [0.3, 0.4) is 0 Å². The average Bonchev–Trinajstić information content (AvgIpc) is 3.35. The van der Waals surface area contributed by atoms with E-state index >= 15 is 0 Å². The van der Waals surface area contributed by atoms with Crippen molar-refractivity contribution in [2.24, 2.45) is 0 Å². The Hall–Kier alpha value is -2.61. The molecule has 0 N–H and O–H groups in total. The lowest BCUT2D eigenvalue weighted by atomic mass is 10.3. The maximum Gasteiger partial charge on any atom is 0.270 e. The molecule has 0 unspecified atom stereocenters. The number of benzene rings is 1. The minimum Gasteiger partial charge on any atom is -0.354 e. The van der Waals surface area contributed by atoms with Crippen molar-refractivity contribution in [2.75, 3.05) is 44.2 Å². The van der Waals surface area contributed by atoms with Gasteiger partial charge in [0.1, 0.15) is 10.7 Å². The highest BCUT2D eigenvalue weighted by Crippen LogP contribution is 2.25. The zero-order valence-electron chi connectivity index (χ0n) is 17.2. The SMILES string of the molecule is O=[N+]([O-])c1cccc(S(=O)(=O)N2CCN(c3ccc(S(=O)(=O)N4CCCC4)cn3)CC2)c1. The van der Waals surface area contributed by atoms with Crippen LogP contribution in [-0.2, 0) is 20.0 Å². The Bertz CT molecular complexity index is 1200. The van der Waals surface area contributed by atoms with Crippen LogP contribution in [-0.4, -0.2) is 74.6 Å². The third-order valence-corrected chi connectivity index (χ3v) is 9.43. The lowest BCUT2D eigenvalue weighted by Crippen LogP contribution is -2.48. The van der Waals surface area contributed by atoms with Gasteiger partial charge in [0.15, 0.2) is 0 Å². The van der Waals surface area contributed by atoms with Gasteiger partial charge in [-0.3, -0.25) is 10.1 Å². The fourth-order valence-corrected chi connectivity index (χ4v) is 6.78. The molecule has 0 spiro atoms. The van der Waals surface area contributed by atoms with Gasteiger partial charge >= 0.3 is 0 Å². The third-order valence-electron chi connectivity index (χ3n) is 5.65. The molecule has 1 aromatic heterocycles. The molecular formula is C19H23N5O6S2. The normalized spacial score (nSPS) is 18.7. The van der Waals surface area contributed by atoms with Crippen LogP contribution in [0.5, 0.6) is 0 Å². The van der Waals surface area contributed by atoms with Gasteiger partial charge < -0.3 is 4.90 Å². The molecule has 0 atom stereocenters. The Labute approximate surface area is 186 Å². The number of hydrogen-bond donors (Lipinski definition) is 0. The van der Waals surface area contributed by atoms with Crippen molar-refractivity contribution in [3.05, 3.63) is 52.7 Å². The minimum atomic E-state index is -3.86. The molecule has 0 saturated carbocycles. The van der Waals surface area contributed by atoms with Crippen molar-refractivity contribution in [3.63, 3.8) is 0 Å². The van der Waals surface area contributed by atoms with Gasteiger partial charge in [-0.1, -0.05) is 6.07 Å². The summed E-state index contributed by atoms with van der Waals surface area (Å²) in [6.45, 7) is 2.12. The van der Waals surface area contributed by atoms with Gasteiger partial charge in [-0.2, -0.15) is 8.61 Å². The van der Waals surface area contributed by atoms with Crippen molar-refractivity contribution in [1.82, 2.24) is 13.6 Å². The number of sulfonamides is 2. The van der Waals surface area contributed by atoms with Crippen LogP contribution in [0.4, 0.5) is 11.5 Å². The van der Waals surface area contributed by atoms with Crippen LogP contribution in [0.1, 0.15) is 12.8 Å². The Morgan fingerprint density at radius 3 is 2.03 bits per heavy atom. The molecule has 4 rings (SSSR count). The Balaban J connectivity index is 1.43. The van der Waals surface area contributed by atoms with Gasteiger partial charge in [0.25, 0.3) is 5.69 Å². The van der Waals surface area contributed by atoms with E-state index in [9.17, 15) is 26.9 Å². The van der Waals surface area contributed by atoms with Gasteiger partial charge in [-0.25, -0.2) is 21.8 Å². The van der Waals surface area contributed by atoms with E-state index in [0.29, 0.717) is 32.0 Å². The molecule has 11 nitrogen and oxygen atoms in total. The summed E-state index contributed by atoms with van der Waals surface area (Å²) in [5.41, 5.74) is -0.280. The fraction of sp³-hybridized carbons (Fsp3) is 0.421. The highest BCUT2D eigenvalue weighted by Gasteiger charge is 2.31. The number of nitrogens with zero attached hydrogens (tertiary/aromatic N) is 5. The largest absolute Gasteiger partial charge is 0.354 e. The Kier molecular flexibility index (Phi) is 6.16. The number of rotatable bonds is 6. The van der Waals surface area contributed by atoms with E-state index in [2.05, 4.69) is 4.98 Å². The monoisotopic (exact) mass is 481 g/mol. The Morgan fingerprint density at radius 1 is 0.812 bits per heavy atom. The summed E-state index contributed by atoms with van der Waals surface area (Å²) >= 11 is 0. The lowest BCUT2D eigenvalue weighted by Gasteiger charge is -2.34. The van der Waals surface area contributed by atoms with Crippen LogP contribution in [0, 0.1) is 10.1 Å². The van der Waals surface area contributed by atoms with Crippen molar-refractivity contribution < 1.29 is 21.8 Å². The van der Waals surface area contributed by atoms with E-state index in [-0.39, 0.29) is 28.6 Å². The molecule has 3 heterocycles. The molecule has 2 fully saturated rings. The van der Waals surface area contributed by atoms with Crippen molar-refractivity contribution in [2.45, 2.75) is 22.6 Å². The van der Waals surface area contributed by atoms with E-state index in [1.54, 1.807) is 6.07 Å². The molecule has 0 aliphatic carbocycles. The van der Waals surface area contributed by atoms with Gasteiger partial charge in [0.2, 0.25) is 20.0 Å². The van der Waals surface area contributed by atoms with Gasteiger partial charge in [-0.05, 0) is 31.0 Å². The highest BCUT2D eigenvalue weighted by atomic mass is 32.2. The number of nitro benzene ring substituents is 1.